The summed E-state index contributed by atoms with van der Waals surface area (Å²) in [5.74, 6) is 1.09. The van der Waals surface area contributed by atoms with Crippen LogP contribution in [0.25, 0.3) is 11.0 Å². The molecule has 0 aliphatic heterocycles. The van der Waals surface area contributed by atoms with Gasteiger partial charge in [-0.15, -0.1) is 0 Å². The van der Waals surface area contributed by atoms with Gasteiger partial charge in [0.25, 0.3) is 0 Å². The van der Waals surface area contributed by atoms with Crippen molar-refractivity contribution in [3.05, 3.63) is 33.2 Å². The maximum atomic E-state index is 12.7. The lowest BCUT2D eigenvalue weighted by Crippen LogP contribution is -2.08. The van der Waals surface area contributed by atoms with Gasteiger partial charge in [0.1, 0.15) is 28.2 Å². The van der Waals surface area contributed by atoms with E-state index in [-0.39, 0.29) is 23.4 Å². The van der Waals surface area contributed by atoms with Crippen molar-refractivity contribution in [2.75, 3.05) is 13.9 Å². The molecule has 0 bridgehead atoms. The van der Waals surface area contributed by atoms with Crippen molar-refractivity contribution in [2.24, 2.45) is 0 Å². The number of methoxy groups -OCH3 is 1. The Labute approximate surface area is 199 Å². The molecule has 5 heteroatoms. The molecule has 1 aromatic heterocycles. The fraction of sp³-hybridized carbons (Fsp3) is 0.679. The van der Waals surface area contributed by atoms with Crippen molar-refractivity contribution in [1.82, 2.24) is 0 Å². The molecule has 0 atom stereocenters. The third-order valence-corrected chi connectivity index (χ3v) is 6.46. The number of aryl methyl sites for hydroxylation is 2. The Morgan fingerprint density at radius 3 is 1.94 bits per heavy atom. The van der Waals surface area contributed by atoms with Crippen LogP contribution in [0.3, 0.4) is 0 Å². The highest BCUT2D eigenvalue weighted by Crippen LogP contribution is 2.38. The topological polar surface area (TPSA) is 68.9 Å². The normalized spacial score (nSPS) is 11.4. The average molecular weight is 461 g/mol. The van der Waals surface area contributed by atoms with E-state index in [9.17, 15) is 9.90 Å². The monoisotopic (exact) mass is 460 g/mol. The number of rotatable bonds is 17. The van der Waals surface area contributed by atoms with Crippen LogP contribution in [0.5, 0.6) is 11.5 Å². The zero-order valence-electron chi connectivity index (χ0n) is 21.3. The van der Waals surface area contributed by atoms with Gasteiger partial charge in [0.2, 0.25) is 0 Å². The number of phenolic OH excluding ortho intramolecular Hbond substituents is 1. The van der Waals surface area contributed by atoms with Crippen molar-refractivity contribution < 1.29 is 19.0 Å². The molecule has 0 aliphatic carbocycles. The van der Waals surface area contributed by atoms with Gasteiger partial charge in [-0.3, -0.25) is 4.79 Å². The maximum absolute atomic E-state index is 12.7. The number of unbranched alkanes of at least 4 members (excludes halogenated alkanes) is 12. The van der Waals surface area contributed by atoms with Gasteiger partial charge in [-0.1, -0.05) is 84.0 Å². The van der Waals surface area contributed by atoms with Gasteiger partial charge in [-0.2, -0.15) is 0 Å². The molecule has 0 saturated heterocycles. The van der Waals surface area contributed by atoms with Crippen LogP contribution in [-0.4, -0.2) is 19.0 Å². The predicted molar refractivity (Wildman–Crippen MR) is 136 cm³/mol. The summed E-state index contributed by atoms with van der Waals surface area (Å²) in [5.41, 5.74) is 1.43. The smallest absolute Gasteiger partial charge is 0.196 e. The lowest BCUT2D eigenvalue weighted by atomic mass is 10.0. The van der Waals surface area contributed by atoms with Gasteiger partial charge < -0.3 is 19.0 Å². The third-order valence-electron chi connectivity index (χ3n) is 6.46. The van der Waals surface area contributed by atoms with Crippen molar-refractivity contribution >= 4 is 11.0 Å². The van der Waals surface area contributed by atoms with Gasteiger partial charge in [-0.05, 0) is 20.3 Å². The van der Waals surface area contributed by atoms with Crippen LogP contribution in [-0.2, 0) is 11.2 Å². The molecule has 0 radical (unpaired) electrons. The largest absolute Gasteiger partial charge is 0.507 e. The van der Waals surface area contributed by atoms with Gasteiger partial charge in [0.15, 0.2) is 12.2 Å². The molecule has 33 heavy (non-hydrogen) atoms. The zero-order valence-corrected chi connectivity index (χ0v) is 21.3. The molecule has 0 spiro atoms. The van der Waals surface area contributed by atoms with Crippen molar-refractivity contribution in [2.45, 2.75) is 111 Å². The summed E-state index contributed by atoms with van der Waals surface area (Å²) in [5, 5.41) is 10.8. The summed E-state index contributed by atoms with van der Waals surface area (Å²) in [6, 6.07) is 1.52. The molecule has 186 valence electrons. The molecule has 0 unspecified atom stereocenters. The minimum absolute atomic E-state index is 0.0650. The van der Waals surface area contributed by atoms with Crippen molar-refractivity contribution in [1.29, 1.82) is 0 Å². The van der Waals surface area contributed by atoms with E-state index in [1.165, 1.54) is 76.7 Å². The molecule has 2 rings (SSSR count). The van der Waals surface area contributed by atoms with Crippen LogP contribution in [0.2, 0.25) is 0 Å². The summed E-state index contributed by atoms with van der Waals surface area (Å²) in [6.45, 7) is 5.90. The van der Waals surface area contributed by atoms with Gasteiger partial charge >= 0.3 is 0 Å². The number of benzene rings is 1. The molecule has 0 amide bonds. The minimum Gasteiger partial charge on any atom is -0.507 e. The Morgan fingerprint density at radius 1 is 0.848 bits per heavy atom. The molecule has 1 aromatic carbocycles. The molecule has 0 aliphatic rings. The number of hydrogen-bond donors (Lipinski definition) is 1. The molecule has 2 aromatic rings. The molecule has 1 N–H and O–H groups in total. The highest BCUT2D eigenvalue weighted by molar-refractivity contribution is 5.89. The lowest BCUT2D eigenvalue weighted by Gasteiger charge is -2.15. The van der Waals surface area contributed by atoms with E-state index < -0.39 is 0 Å². The number of phenols is 1. The van der Waals surface area contributed by atoms with Crippen LogP contribution in [0.1, 0.15) is 107 Å². The van der Waals surface area contributed by atoms with Gasteiger partial charge in [0, 0.05) is 30.7 Å². The van der Waals surface area contributed by atoms with Crippen molar-refractivity contribution in [3.8, 4) is 11.5 Å². The van der Waals surface area contributed by atoms with Crippen LogP contribution in [0.15, 0.2) is 15.3 Å². The second-order valence-corrected chi connectivity index (χ2v) is 9.25. The minimum atomic E-state index is -0.206. The molecule has 5 nitrogen and oxygen atoms in total. The Bertz CT molecular complexity index is 900. The predicted octanol–water partition coefficient (Wildman–Crippen LogP) is 7.73. The molecule has 0 fully saturated rings. The number of aromatic hydroxyl groups is 1. The first-order chi connectivity index (χ1) is 16.0. The number of fused-ring (bicyclic) bond motifs is 1. The quantitative estimate of drug-likeness (QED) is 0.193. The molecular weight excluding hydrogens is 416 g/mol. The highest BCUT2D eigenvalue weighted by atomic mass is 16.7. The van der Waals surface area contributed by atoms with E-state index in [1.807, 2.05) is 6.92 Å². The highest BCUT2D eigenvalue weighted by Gasteiger charge is 2.20. The fourth-order valence-corrected chi connectivity index (χ4v) is 4.48. The second-order valence-electron chi connectivity index (χ2n) is 9.25. The van der Waals surface area contributed by atoms with E-state index in [1.54, 1.807) is 14.0 Å². The SMILES string of the molecule is CCCCCCCCCCCCCCCc1cc(=O)c2c(O)c(C)c(OCOC)c(C)c2o1. The summed E-state index contributed by atoms with van der Waals surface area (Å²) in [6.07, 6.45) is 17.7. The first kappa shape index (κ1) is 27.2. The third kappa shape index (κ3) is 8.37. The fourth-order valence-electron chi connectivity index (χ4n) is 4.48. The zero-order chi connectivity index (χ0) is 24.1. The summed E-state index contributed by atoms with van der Waals surface area (Å²) < 4.78 is 16.7. The molecule has 0 saturated carbocycles. The van der Waals surface area contributed by atoms with Crippen LogP contribution < -0.4 is 10.2 Å². The second kappa shape index (κ2) is 15.0. The molecule has 1 heterocycles. The van der Waals surface area contributed by atoms with E-state index in [2.05, 4.69) is 6.92 Å². The van der Waals surface area contributed by atoms with Crippen LogP contribution >= 0.6 is 0 Å². The summed E-state index contributed by atoms with van der Waals surface area (Å²) >= 11 is 0. The van der Waals surface area contributed by atoms with Crippen LogP contribution in [0, 0.1) is 13.8 Å². The summed E-state index contributed by atoms with van der Waals surface area (Å²) in [7, 11) is 1.54. The van der Waals surface area contributed by atoms with E-state index in [0.717, 1.165) is 19.3 Å². The Morgan fingerprint density at radius 2 is 1.39 bits per heavy atom. The van der Waals surface area contributed by atoms with E-state index >= 15 is 0 Å². The first-order valence-corrected chi connectivity index (χ1v) is 12.9. The Kier molecular flexibility index (Phi) is 12.4. The Balaban J connectivity index is 1.79. The van der Waals surface area contributed by atoms with E-state index in [4.69, 9.17) is 13.9 Å². The number of hydrogen-bond acceptors (Lipinski definition) is 5. The van der Waals surface area contributed by atoms with Crippen molar-refractivity contribution in [3.63, 3.8) is 0 Å². The molecular formula is C28H44O5. The van der Waals surface area contributed by atoms with Gasteiger partial charge in [-0.25, -0.2) is 0 Å². The average Bonchev–Trinajstić information content (AvgIpc) is 2.80. The number of ether oxygens (including phenoxy) is 2. The Hall–Kier alpha value is -2.01. The maximum Gasteiger partial charge on any atom is 0.196 e. The van der Waals surface area contributed by atoms with Gasteiger partial charge in [0.05, 0.1) is 0 Å². The van der Waals surface area contributed by atoms with Crippen LogP contribution in [0.4, 0.5) is 0 Å². The standard InChI is InChI=1S/C28H44O5/c1-5-6-7-8-9-10-11-12-13-14-15-16-17-18-23-19-24(29)25-26(30)21(2)27(32-20-31-4)22(3)28(25)33-23/h19,30H,5-18,20H2,1-4H3. The summed E-state index contributed by atoms with van der Waals surface area (Å²) in [4.78, 5) is 12.7. The van der Waals surface area contributed by atoms with E-state index in [0.29, 0.717) is 28.2 Å². The first-order valence-electron chi connectivity index (χ1n) is 12.9. The lowest BCUT2D eigenvalue weighted by molar-refractivity contribution is 0.0500.